The molecule has 0 radical (unpaired) electrons. The molecule has 0 aliphatic rings. The second-order valence-electron chi connectivity index (χ2n) is 4.09. The monoisotopic (exact) mass is 314 g/mol. The van der Waals surface area contributed by atoms with Gasteiger partial charge in [-0.3, -0.25) is 0 Å². The Bertz CT molecular complexity index is 405. The van der Waals surface area contributed by atoms with Crippen LogP contribution in [0.25, 0.3) is 0 Å². The molecule has 0 spiro atoms. The topological polar surface area (TPSA) is 72.5 Å². The van der Waals surface area contributed by atoms with E-state index in [1.807, 2.05) is 0 Å². The Kier molecular flexibility index (Phi) is 9.76. The first-order valence-electron chi connectivity index (χ1n) is 6.89. The van der Waals surface area contributed by atoms with Crippen LogP contribution >= 0.6 is 0 Å². The van der Waals surface area contributed by atoms with Crippen molar-refractivity contribution in [1.82, 2.24) is 0 Å². The van der Waals surface area contributed by atoms with Gasteiger partial charge in [0, 0.05) is 7.11 Å². The van der Waals surface area contributed by atoms with Gasteiger partial charge in [-0.15, -0.1) is 0 Å². The molecule has 124 valence electrons. The summed E-state index contributed by atoms with van der Waals surface area (Å²) in [5.41, 5.74) is 0. The van der Waals surface area contributed by atoms with Crippen LogP contribution in [0.1, 0.15) is 0 Å². The second-order valence-corrected chi connectivity index (χ2v) is 4.09. The van der Waals surface area contributed by atoms with Crippen LogP contribution in [0.15, 0.2) is 24.3 Å². The maximum absolute atomic E-state index is 11.4. The summed E-state index contributed by atoms with van der Waals surface area (Å²) in [6, 6.07) is 6.62. The first kappa shape index (κ1) is 18.2. The number of hydrogen-bond acceptors (Lipinski definition) is 7. The van der Waals surface area contributed by atoms with Gasteiger partial charge in [0.2, 0.25) is 0 Å². The van der Waals surface area contributed by atoms with Crippen molar-refractivity contribution in [3.8, 4) is 11.5 Å². The Morgan fingerprint density at radius 2 is 1.36 bits per heavy atom. The van der Waals surface area contributed by atoms with E-state index in [0.717, 1.165) is 0 Å². The van der Waals surface area contributed by atoms with E-state index in [1.54, 1.807) is 38.5 Å². The molecule has 0 fully saturated rings. The molecular weight excluding hydrogens is 292 g/mol. The molecular formula is C15H22O7. The highest BCUT2D eigenvalue weighted by atomic mass is 16.7. The summed E-state index contributed by atoms with van der Waals surface area (Å²) in [5.74, 6) is 1.07. The van der Waals surface area contributed by atoms with E-state index in [9.17, 15) is 4.79 Å². The van der Waals surface area contributed by atoms with Gasteiger partial charge in [0.05, 0.1) is 40.1 Å². The minimum Gasteiger partial charge on any atom is -0.497 e. The maximum atomic E-state index is 11.4. The number of carbonyl (C=O) groups excluding carboxylic acids is 1. The van der Waals surface area contributed by atoms with Gasteiger partial charge in [0.25, 0.3) is 0 Å². The van der Waals surface area contributed by atoms with Crippen molar-refractivity contribution in [1.29, 1.82) is 0 Å². The van der Waals surface area contributed by atoms with Gasteiger partial charge < -0.3 is 28.4 Å². The molecule has 0 aliphatic carbocycles. The van der Waals surface area contributed by atoms with Crippen LogP contribution < -0.4 is 9.47 Å². The predicted octanol–water partition coefficient (Wildman–Crippen LogP) is 1.89. The second kappa shape index (κ2) is 11.8. The lowest BCUT2D eigenvalue weighted by molar-refractivity contribution is 0.00862. The zero-order valence-corrected chi connectivity index (χ0v) is 12.9. The molecule has 0 heterocycles. The third-order valence-electron chi connectivity index (χ3n) is 2.51. The minimum atomic E-state index is -0.773. The van der Waals surface area contributed by atoms with Gasteiger partial charge in [-0.25, -0.2) is 4.79 Å². The van der Waals surface area contributed by atoms with Gasteiger partial charge in [-0.05, 0) is 24.3 Å². The highest BCUT2D eigenvalue weighted by Crippen LogP contribution is 2.17. The van der Waals surface area contributed by atoms with E-state index in [1.165, 1.54) is 0 Å². The van der Waals surface area contributed by atoms with E-state index in [0.29, 0.717) is 37.9 Å². The van der Waals surface area contributed by atoms with Crippen molar-refractivity contribution >= 4 is 6.16 Å². The summed E-state index contributed by atoms with van der Waals surface area (Å²) in [7, 11) is 3.18. The molecule has 1 aromatic rings. The molecule has 0 aliphatic heterocycles. The lowest BCUT2D eigenvalue weighted by atomic mass is 10.3. The maximum Gasteiger partial charge on any atom is 0.513 e. The Labute approximate surface area is 130 Å². The fourth-order valence-corrected chi connectivity index (χ4v) is 1.42. The quantitative estimate of drug-likeness (QED) is 0.351. The number of benzene rings is 1. The molecule has 0 saturated heterocycles. The first-order chi connectivity index (χ1) is 10.8. The summed E-state index contributed by atoms with van der Waals surface area (Å²) >= 11 is 0. The molecule has 0 saturated carbocycles. The van der Waals surface area contributed by atoms with Gasteiger partial charge in [0.1, 0.15) is 18.1 Å². The lowest BCUT2D eigenvalue weighted by Gasteiger charge is -2.07. The molecule has 7 nitrogen and oxygen atoms in total. The van der Waals surface area contributed by atoms with Crippen molar-refractivity contribution in [2.24, 2.45) is 0 Å². The van der Waals surface area contributed by atoms with Crippen LogP contribution in [0, 0.1) is 0 Å². The number of methoxy groups -OCH3 is 2. The van der Waals surface area contributed by atoms with Gasteiger partial charge >= 0.3 is 6.16 Å². The summed E-state index contributed by atoms with van der Waals surface area (Å²) in [5, 5.41) is 0. The summed E-state index contributed by atoms with van der Waals surface area (Å²) < 4.78 is 30.1. The zero-order chi connectivity index (χ0) is 16.0. The third kappa shape index (κ3) is 8.46. The van der Waals surface area contributed by atoms with Crippen LogP contribution in [0.2, 0.25) is 0 Å². The Hall–Kier alpha value is -1.83. The Balaban J connectivity index is 2.01. The summed E-state index contributed by atoms with van der Waals surface area (Å²) in [6.45, 7) is 2.39. The predicted molar refractivity (Wildman–Crippen MR) is 78.5 cm³/mol. The number of hydrogen-bond donors (Lipinski definition) is 0. The molecule has 1 aromatic carbocycles. The van der Waals surface area contributed by atoms with E-state index in [-0.39, 0.29) is 13.2 Å². The van der Waals surface area contributed by atoms with Crippen LogP contribution in [-0.4, -0.2) is 60.0 Å². The lowest BCUT2D eigenvalue weighted by Crippen LogP contribution is -2.16. The Morgan fingerprint density at radius 1 is 0.818 bits per heavy atom. The smallest absolute Gasteiger partial charge is 0.497 e. The number of ether oxygens (including phenoxy) is 6. The Morgan fingerprint density at radius 3 is 1.95 bits per heavy atom. The van der Waals surface area contributed by atoms with Gasteiger partial charge in [-0.2, -0.15) is 0 Å². The third-order valence-corrected chi connectivity index (χ3v) is 2.51. The number of rotatable bonds is 11. The van der Waals surface area contributed by atoms with E-state index < -0.39 is 6.16 Å². The molecule has 0 atom stereocenters. The fraction of sp³-hybridized carbons (Fsp3) is 0.533. The van der Waals surface area contributed by atoms with Crippen molar-refractivity contribution < 1.29 is 33.2 Å². The summed E-state index contributed by atoms with van der Waals surface area (Å²) in [4.78, 5) is 11.4. The van der Waals surface area contributed by atoms with Crippen molar-refractivity contribution in [3.63, 3.8) is 0 Å². The largest absolute Gasteiger partial charge is 0.513 e. The number of carbonyl (C=O) groups is 1. The average molecular weight is 314 g/mol. The molecule has 0 bridgehead atoms. The fourth-order valence-electron chi connectivity index (χ4n) is 1.42. The SMILES string of the molecule is COCCOCCOCCOC(=O)Oc1ccc(OC)cc1. The molecule has 0 unspecified atom stereocenters. The average Bonchev–Trinajstić information content (AvgIpc) is 2.54. The first-order valence-corrected chi connectivity index (χ1v) is 6.89. The van der Waals surface area contributed by atoms with Crippen molar-refractivity contribution in [3.05, 3.63) is 24.3 Å². The van der Waals surface area contributed by atoms with E-state index >= 15 is 0 Å². The van der Waals surface area contributed by atoms with Crippen LogP contribution in [-0.2, 0) is 18.9 Å². The standard InChI is InChI=1S/C15H22O7/c1-17-7-8-19-9-10-20-11-12-21-15(16)22-14-5-3-13(18-2)4-6-14/h3-6H,7-12H2,1-2H3. The van der Waals surface area contributed by atoms with E-state index in [2.05, 4.69) is 0 Å². The van der Waals surface area contributed by atoms with Crippen molar-refractivity contribution in [2.75, 3.05) is 53.9 Å². The van der Waals surface area contributed by atoms with Gasteiger partial charge in [-0.1, -0.05) is 0 Å². The van der Waals surface area contributed by atoms with Crippen LogP contribution in [0.4, 0.5) is 4.79 Å². The molecule has 7 heteroatoms. The van der Waals surface area contributed by atoms with Crippen molar-refractivity contribution in [2.45, 2.75) is 0 Å². The molecule has 0 aromatic heterocycles. The summed E-state index contributed by atoms with van der Waals surface area (Å²) in [6.07, 6.45) is -0.773. The molecule has 22 heavy (non-hydrogen) atoms. The molecule has 1 rings (SSSR count). The van der Waals surface area contributed by atoms with Gasteiger partial charge in [0.15, 0.2) is 0 Å². The highest BCUT2D eigenvalue weighted by molar-refractivity contribution is 5.63. The van der Waals surface area contributed by atoms with E-state index in [4.69, 9.17) is 28.4 Å². The molecule has 0 amide bonds. The zero-order valence-electron chi connectivity index (χ0n) is 12.9. The van der Waals surface area contributed by atoms with Crippen LogP contribution in [0.5, 0.6) is 11.5 Å². The van der Waals surface area contributed by atoms with Crippen LogP contribution in [0.3, 0.4) is 0 Å². The molecule has 0 N–H and O–H groups in total. The normalized spacial score (nSPS) is 10.3. The minimum absolute atomic E-state index is 0.118. The highest BCUT2D eigenvalue weighted by Gasteiger charge is 2.05.